The molecule has 2 heterocycles. The Kier molecular flexibility index (Phi) is 8.98. The zero-order chi connectivity index (χ0) is 27.3. The molecule has 0 aromatic heterocycles. The van der Waals surface area contributed by atoms with Gasteiger partial charge in [0.05, 0.1) is 0 Å². The molecular weight excluding hydrogens is 476 g/mol. The SMILES string of the molecule is CCCCN1C(=O)[C@H](CC(C)C)NC(=O)C12CCN(Cc1ccc(Oc3ccc(N(C)C)cc3)cc1)CC2. The topological polar surface area (TPSA) is 65.1 Å². The third-order valence-corrected chi connectivity index (χ3v) is 7.85. The van der Waals surface area contributed by atoms with Crippen molar-refractivity contribution < 1.29 is 14.3 Å². The van der Waals surface area contributed by atoms with Crippen LogP contribution in [0, 0.1) is 5.92 Å². The number of piperazine rings is 1. The van der Waals surface area contributed by atoms with E-state index in [1.54, 1.807) is 0 Å². The van der Waals surface area contributed by atoms with Gasteiger partial charge in [-0.05, 0) is 73.6 Å². The summed E-state index contributed by atoms with van der Waals surface area (Å²) < 4.78 is 6.02. The van der Waals surface area contributed by atoms with Crippen molar-refractivity contribution in [1.82, 2.24) is 15.1 Å². The lowest BCUT2D eigenvalue weighted by Gasteiger charge is -2.52. The van der Waals surface area contributed by atoms with E-state index in [-0.39, 0.29) is 11.8 Å². The van der Waals surface area contributed by atoms with Gasteiger partial charge in [-0.3, -0.25) is 14.5 Å². The molecule has 38 heavy (non-hydrogen) atoms. The summed E-state index contributed by atoms with van der Waals surface area (Å²) in [4.78, 5) is 33.3. The highest BCUT2D eigenvalue weighted by atomic mass is 16.5. The van der Waals surface area contributed by atoms with Crippen LogP contribution in [-0.2, 0) is 16.1 Å². The van der Waals surface area contributed by atoms with E-state index in [0.717, 1.165) is 49.7 Å². The number of likely N-dealkylation sites (tertiary alicyclic amines) is 1. The van der Waals surface area contributed by atoms with Gasteiger partial charge in [0.2, 0.25) is 11.8 Å². The second-order valence-electron chi connectivity index (χ2n) is 11.4. The first-order chi connectivity index (χ1) is 18.2. The van der Waals surface area contributed by atoms with E-state index in [1.165, 1.54) is 5.56 Å². The van der Waals surface area contributed by atoms with Crippen molar-refractivity contribution in [1.29, 1.82) is 0 Å². The Bertz CT molecular complexity index is 1070. The number of carbonyl (C=O) groups is 2. The van der Waals surface area contributed by atoms with Crippen LogP contribution < -0.4 is 15.0 Å². The maximum absolute atomic E-state index is 13.5. The summed E-state index contributed by atoms with van der Waals surface area (Å²) in [6, 6.07) is 15.9. The highest BCUT2D eigenvalue weighted by molar-refractivity contribution is 6.00. The van der Waals surface area contributed by atoms with Crippen molar-refractivity contribution in [3.05, 3.63) is 54.1 Å². The number of amides is 2. The third-order valence-electron chi connectivity index (χ3n) is 7.85. The summed E-state index contributed by atoms with van der Waals surface area (Å²) in [5.74, 6) is 2.12. The van der Waals surface area contributed by atoms with Gasteiger partial charge in [-0.1, -0.05) is 39.3 Å². The predicted molar refractivity (Wildman–Crippen MR) is 153 cm³/mol. The molecular formula is C31H44N4O3. The van der Waals surface area contributed by atoms with Crippen molar-refractivity contribution in [2.24, 2.45) is 5.92 Å². The zero-order valence-electron chi connectivity index (χ0n) is 23.7. The first kappa shape index (κ1) is 28.0. The summed E-state index contributed by atoms with van der Waals surface area (Å²) in [6.45, 7) is 9.38. The minimum atomic E-state index is -0.712. The van der Waals surface area contributed by atoms with Crippen LogP contribution in [0.2, 0.25) is 0 Å². The quantitative estimate of drug-likeness (QED) is 0.475. The summed E-state index contributed by atoms with van der Waals surface area (Å²) in [6.07, 6.45) is 3.97. The van der Waals surface area contributed by atoms with Gasteiger partial charge in [-0.25, -0.2) is 0 Å². The molecule has 0 unspecified atom stereocenters. The van der Waals surface area contributed by atoms with Crippen molar-refractivity contribution in [2.75, 3.05) is 38.6 Å². The van der Waals surface area contributed by atoms with Crippen LogP contribution >= 0.6 is 0 Å². The average molecular weight is 521 g/mol. The Morgan fingerprint density at radius 2 is 1.61 bits per heavy atom. The lowest BCUT2D eigenvalue weighted by atomic mass is 9.80. The highest BCUT2D eigenvalue weighted by Crippen LogP contribution is 2.35. The molecule has 206 valence electrons. The fourth-order valence-electron chi connectivity index (χ4n) is 5.60. The molecule has 1 N–H and O–H groups in total. The fourth-order valence-corrected chi connectivity index (χ4v) is 5.60. The zero-order valence-corrected chi connectivity index (χ0v) is 23.7. The van der Waals surface area contributed by atoms with E-state index in [0.29, 0.717) is 31.7 Å². The molecule has 2 aliphatic rings. The van der Waals surface area contributed by atoms with Gasteiger partial charge >= 0.3 is 0 Å². The number of hydrogen-bond donors (Lipinski definition) is 1. The third kappa shape index (κ3) is 6.32. The number of carbonyl (C=O) groups excluding carboxylic acids is 2. The maximum atomic E-state index is 13.5. The Balaban J connectivity index is 1.36. The highest BCUT2D eigenvalue weighted by Gasteiger charge is 2.53. The van der Waals surface area contributed by atoms with Crippen LogP contribution in [0.5, 0.6) is 11.5 Å². The predicted octanol–water partition coefficient (Wildman–Crippen LogP) is 5.05. The lowest BCUT2D eigenvalue weighted by molar-refractivity contribution is -0.161. The van der Waals surface area contributed by atoms with Crippen LogP contribution in [0.1, 0.15) is 58.4 Å². The van der Waals surface area contributed by atoms with Crippen molar-refractivity contribution >= 4 is 17.5 Å². The first-order valence-electron chi connectivity index (χ1n) is 14.1. The number of nitrogens with one attached hydrogen (secondary N) is 1. The standard InChI is InChI=1S/C31H44N4O3/c1-6-7-18-35-29(36)28(21-23(2)3)32-30(37)31(35)16-19-34(20-17-31)22-24-8-12-26(13-9-24)38-27-14-10-25(11-15-27)33(4)5/h8-15,23,28H,6-7,16-22H2,1-5H3,(H,32,37)/t28-/m0/s1. The summed E-state index contributed by atoms with van der Waals surface area (Å²) >= 11 is 0. The van der Waals surface area contributed by atoms with E-state index < -0.39 is 11.6 Å². The van der Waals surface area contributed by atoms with Gasteiger partial charge in [0.15, 0.2) is 0 Å². The largest absolute Gasteiger partial charge is 0.457 e. The molecule has 2 fully saturated rings. The maximum Gasteiger partial charge on any atom is 0.246 e. The van der Waals surface area contributed by atoms with Gasteiger partial charge in [0.25, 0.3) is 0 Å². The van der Waals surface area contributed by atoms with E-state index in [2.05, 4.69) is 48.0 Å². The first-order valence-corrected chi connectivity index (χ1v) is 14.1. The Morgan fingerprint density at radius 1 is 1.00 bits per heavy atom. The summed E-state index contributed by atoms with van der Waals surface area (Å²) in [5.41, 5.74) is 1.63. The van der Waals surface area contributed by atoms with Crippen molar-refractivity contribution in [3.8, 4) is 11.5 Å². The van der Waals surface area contributed by atoms with Gasteiger partial charge in [0.1, 0.15) is 23.1 Å². The molecule has 0 saturated carbocycles. The normalized spacial score (nSPS) is 19.6. The van der Waals surface area contributed by atoms with Crippen LogP contribution in [0.4, 0.5) is 5.69 Å². The molecule has 2 aromatic carbocycles. The molecule has 2 saturated heterocycles. The van der Waals surface area contributed by atoms with E-state index in [1.807, 2.05) is 55.4 Å². The minimum absolute atomic E-state index is 0.0404. The second kappa shape index (κ2) is 12.2. The Hall–Kier alpha value is -3.06. The van der Waals surface area contributed by atoms with Crippen molar-refractivity contribution in [3.63, 3.8) is 0 Å². The molecule has 2 aromatic rings. The van der Waals surface area contributed by atoms with E-state index >= 15 is 0 Å². The molecule has 2 amide bonds. The van der Waals surface area contributed by atoms with Gasteiger partial charge in [-0.15, -0.1) is 0 Å². The van der Waals surface area contributed by atoms with Crippen LogP contribution in [-0.4, -0.2) is 66.9 Å². The molecule has 7 heteroatoms. The lowest BCUT2D eigenvalue weighted by Crippen LogP contribution is -2.73. The van der Waals surface area contributed by atoms with Crippen LogP contribution in [0.25, 0.3) is 0 Å². The number of benzene rings is 2. The minimum Gasteiger partial charge on any atom is -0.457 e. The van der Waals surface area contributed by atoms with Gasteiger partial charge < -0.3 is 19.9 Å². The van der Waals surface area contributed by atoms with Crippen LogP contribution in [0.15, 0.2) is 48.5 Å². The molecule has 0 radical (unpaired) electrons. The summed E-state index contributed by atoms with van der Waals surface area (Å²) in [5, 5.41) is 3.10. The Labute approximate surface area is 228 Å². The average Bonchev–Trinajstić information content (AvgIpc) is 2.89. The molecule has 4 rings (SSSR count). The fraction of sp³-hybridized carbons (Fsp3) is 0.548. The second-order valence-corrected chi connectivity index (χ2v) is 11.4. The molecule has 1 atom stereocenters. The summed E-state index contributed by atoms with van der Waals surface area (Å²) in [7, 11) is 4.04. The number of nitrogens with zero attached hydrogens (tertiary/aromatic N) is 3. The Morgan fingerprint density at radius 3 is 2.16 bits per heavy atom. The number of anilines is 1. The van der Waals surface area contributed by atoms with Gasteiger partial charge in [0, 0.05) is 46.0 Å². The number of piperidine rings is 1. The molecule has 2 aliphatic heterocycles. The van der Waals surface area contributed by atoms with E-state index in [4.69, 9.17) is 4.74 Å². The van der Waals surface area contributed by atoms with E-state index in [9.17, 15) is 9.59 Å². The number of rotatable bonds is 10. The molecule has 7 nitrogen and oxygen atoms in total. The smallest absolute Gasteiger partial charge is 0.246 e. The number of ether oxygens (including phenoxy) is 1. The monoisotopic (exact) mass is 520 g/mol. The van der Waals surface area contributed by atoms with Crippen LogP contribution in [0.3, 0.4) is 0 Å². The number of hydrogen-bond acceptors (Lipinski definition) is 5. The van der Waals surface area contributed by atoms with Crippen molar-refractivity contribution in [2.45, 2.75) is 71.0 Å². The molecule has 1 spiro atoms. The number of unbranched alkanes of at least 4 members (excludes halogenated alkanes) is 1. The van der Waals surface area contributed by atoms with Gasteiger partial charge in [-0.2, -0.15) is 0 Å². The molecule has 0 aliphatic carbocycles. The molecule has 0 bridgehead atoms.